The molecule has 0 saturated heterocycles. The summed E-state index contributed by atoms with van der Waals surface area (Å²) in [5.41, 5.74) is 5.79. The molecule has 0 aliphatic heterocycles. The quantitative estimate of drug-likeness (QED) is 0.727. The molecular weight excluding hydrogens is 202 g/mol. The summed E-state index contributed by atoms with van der Waals surface area (Å²) >= 11 is 0. The zero-order chi connectivity index (χ0) is 11.5. The summed E-state index contributed by atoms with van der Waals surface area (Å²) in [5, 5.41) is 12.0. The van der Waals surface area contributed by atoms with Crippen LogP contribution in [0.3, 0.4) is 0 Å². The van der Waals surface area contributed by atoms with Gasteiger partial charge in [0.2, 0.25) is 5.91 Å². The number of nitrogens with zero attached hydrogens (tertiary/aromatic N) is 1. The van der Waals surface area contributed by atoms with E-state index >= 15 is 0 Å². The van der Waals surface area contributed by atoms with Crippen LogP contribution in [0.5, 0.6) is 0 Å². The van der Waals surface area contributed by atoms with Crippen LogP contribution in [0.1, 0.15) is 38.5 Å². The first-order chi connectivity index (χ1) is 7.70. The summed E-state index contributed by atoms with van der Waals surface area (Å²) in [6.07, 6.45) is 5.57. The third-order valence-electron chi connectivity index (χ3n) is 3.85. The Morgan fingerprint density at radius 3 is 2.75 bits per heavy atom. The van der Waals surface area contributed by atoms with Gasteiger partial charge in [0, 0.05) is 18.0 Å². The summed E-state index contributed by atoms with van der Waals surface area (Å²) < 4.78 is 0. The highest BCUT2D eigenvalue weighted by molar-refractivity contribution is 5.79. The minimum atomic E-state index is 0.0130. The van der Waals surface area contributed by atoms with Gasteiger partial charge in [-0.2, -0.15) is 5.26 Å². The first kappa shape index (κ1) is 11.4. The lowest BCUT2D eigenvalue weighted by atomic mass is 10.0. The van der Waals surface area contributed by atoms with Crippen LogP contribution in [-0.4, -0.2) is 18.0 Å². The largest absolute Gasteiger partial charge is 0.352 e. The van der Waals surface area contributed by atoms with Crippen LogP contribution in [0, 0.1) is 23.2 Å². The Kier molecular flexibility index (Phi) is 3.45. The predicted octanol–water partition coefficient (Wildman–Crippen LogP) is 0.922. The molecule has 0 heterocycles. The molecular formula is C12H19N3O. The molecule has 4 heteroatoms. The highest BCUT2D eigenvalue weighted by Crippen LogP contribution is 2.28. The van der Waals surface area contributed by atoms with Crippen LogP contribution in [0.25, 0.3) is 0 Å². The zero-order valence-electron chi connectivity index (χ0n) is 9.48. The number of rotatable bonds is 2. The SMILES string of the molecule is N#CC1CCCC1NC(=O)C1CCC(N)C1. The number of carbonyl (C=O) groups excluding carboxylic acids is 1. The Hall–Kier alpha value is -1.08. The zero-order valence-corrected chi connectivity index (χ0v) is 9.48. The fraction of sp³-hybridized carbons (Fsp3) is 0.833. The van der Waals surface area contributed by atoms with Crippen molar-refractivity contribution in [1.82, 2.24) is 5.32 Å². The average molecular weight is 221 g/mol. The average Bonchev–Trinajstić information content (AvgIpc) is 2.86. The standard InChI is InChI=1S/C12H19N3O/c13-7-9-2-1-3-11(9)15-12(16)8-4-5-10(14)6-8/h8-11H,1-6,14H2,(H,15,16). The number of nitriles is 1. The lowest BCUT2D eigenvalue weighted by Gasteiger charge is -2.18. The van der Waals surface area contributed by atoms with Crippen molar-refractivity contribution in [3.05, 3.63) is 0 Å². The molecule has 1 amide bonds. The number of hydrogen-bond acceptors (Lipinski definition) is 3. The van der Waals surface area contributed by atoms with E-state index < -0.39 is 0 Å². The monoisotopic (exact) mass is 221 g/mol. The Labute approximate surface area is 96.2 Å². The van der Waals surface area contributed by atoms with E-state index in [1.54, 1.807) is 0 Å². The molecule has 2 saturated carbocycles. The molecule has 2 aliphatic carbocycles. The summed E-state index contributed by atoms with van der Waals surface area (Å²) in [7, 11) is 0. The van der Waals surface area contributed by atoms with E-state index in [4.69, 9.17) is 11.0 Å². The van der Waals surface area contributed by atoms with Gasteiger partial charge in [-0.25, -0.2) is 0 Å². The lowest BCUT2D eigenvalue weighted by Crippen LogP contribution is -2.40. The number of nitrogens with two attached hydrogens (primary N) is 1. The van der Waals surface area contributed by atoms with Gasteiger partial charge in [0.15, 0.2) is 0 Å². The lowest BCUT2D eigenvalue weighted by molar-refractivity contribution is -0.125. The summed E-state index contributed by atoms with van der Waals surface area (Å²) in [4.78, 5) is 11.9. The second-order valence-corrected chi connectivity index (χ2v) is 5.05. The molecule has 4 unspecified atom stereocenters. The first-order valence-electron chi connectivity index (χ1n) is 6.16. The molecule has 0 aromatic heterocycles. The Bertz CT molecular complexity index is 310. The van der Waals surface area contributed by atoms with Crippen LogP contribution in [0.15, 0.2) is 0 Å². The van der Waals surface area contributed by atoms with Gasteiger partial charge in [0.1, 0.15) is 0 Å². The maximum absolute atomic E-state index is 11.9. The van der Waals surface area contributed by atoms with Gasteiger partial charge in [0.05, 0.1) is 12.0 Å². The van der Waals surface area contributed by atoms with Gasteiger partial charge in [-0.05, 0) is 38.5 Å². The van der Waals surface area contributed by atoms with Crippen LogP contribution >= 0.6 is 0 Å². The highest BCUT2D eigenvalue weighted by atomic mass is 16.1. The number of nitrogens with one attached hydrogen (secondary N) is 1. The minimum Gasteiger partial charge on any atom is -0.352 e. The third-order valence-corrected chi connectivity index (χ3v) is 3.85. The molecule has 2 aliphatic rings. The second kappa shape index (κ2) is 4.84. The normalized spacial score (nSPS) is 38.2. The molecule has 0 bridgehead atoms. The molecule has 88 valence electrons. The van der Waals surface area contributed by atoms with Gasteiger partial charge in [0.25, 0.3) is 0 Å². The van der Waals surface area contributed by atoms with Crippen molar-refractivity contribution in [3.8, 4) is 6.07 Å². The van der Waals surface area contributed by atoms with Crippen molar-refractivity contribution in [2.24, 2.45) is 17.6 Å². The van der Waals surface area contributed by atoms with E-state index in [2.05, 4.69) is 11.4 Å². The molecule has 16 heavy (non-hydrogen) atoms. The Morgan fingerprint density at radius 2 is 2.12 bits per heavy atom. The van der Waals surface area contributed by atoms with E-state index in [-0.39, 0.29) is 29.8 Å². The minimum absolute atomic E-state index is 0.0130. The molecule has 2 rings (SSSR count). The van der Waals surface area contributed by atoms with Gasteiger partial charge in [-0.3, -0.25) is 4.79 Å². The third kappa shape index (κ3) is 2.35. The van der Waals surface area contributed by atoms with Crippen molar-refractivity contribution >= 4 is 5.91 Å². The highest BCUT2D eigenvalue weighted by Gasteiger charge is 2.33. The van der Waals surface area contributed by atoms with Gasteiger partial charge < -0.3 is 11.1 Å². The summed E-state index contributed by atoms with van der Waals surface area (Å²) in [6.45, 7) is 0. The van der Waals surface area contributed by atoms with E-state index in [1.807, 2.05) is 0 Å². The number of hydrogen-bond donors (Lipinski definition) is 2. The van der Waals surface area contributed by atoms with Crippen LogP contribution in [-0.2, 0) is 4.79 Å². The molecule has 2 fully saturated rings. The molecule has 4 atom stereocenters. The molecule has 0 radical (unpaired) electrons. The fourth-order valence-electron chi connectivity index (χ4n) is 2.84. The molecule has 0 spiro atoms. The van der Waals surface area contributed by atoms with Crippen molar-refractivity contribution in [1.29, 1.82) is 5.26 Å². The van der Waals surface area contributed by atoms with Crippen molar-refractivity contribution in [3.63, 3.8) is 0 Å². The van der Waals surface area contributed by atoms with Crippen molar-refractivity contribution in [2.75, 3.05) is 0 Å². The van der Waals surface area contributed by atoms with E-state index in [0.717, 1.165) is 38.5 Å². The Morgan fingerprint density at radius 1 is 1.31 bits per heavy atom. The number of amides is 1. The summed E-state index contributed by atoms with van der Waals surface area (Å²) in [6, 6.07) is 2.54. The molecule has 0 aromatic carbocycles. The smallest absolute Gasteiger partial charge is 0.223 e. The maximum Gasteiger partial charge on any atom is 0.223 e. The van der Waals surface area contributed by atoms with E-state index in [1.165, 1.54) is 0 Å². The fourth-order valence-corrected chi connectivity index (χ4v) is 2.84. The predicted molar refractivity (Wildman–Crippen MR) is 60.2 cm³/mol. The van der Waals surface area contributed by atoms with E-state index in [0.29, 0.717) is 0 Å². The second-order valence-electron chi connectivity index (χ2n) is 5.05. The van der Waals surface area contributed by atoms with Crippen LogP contribution < -0.4 is 11.1 Å². The van der Waals surface area contributed by atoms with E-state index in [9.17, 15) is 4.79 Å². The van der Waals surface area contributed by atoms with Gasteiger partial charge in [-0.1, -0.05) is 0 Å². The van der Waals surface area contributed by atoms with Crippen LogP contribution in [0.4, 0.5) is 0 Å². The van der Waals surface area contributed by atoms with Crippen LogP contribution in [0.2, 0.25) is 0 Å². The van der Waals surface area contributed by atoms with Crippen molar-refractivity contribution < 1.29 is 4.79 Å². The molecule has 4 nitrogen and oxygen atoms in total. The Balaban J connectivity index is 1.85. The molecule has 0 aromatic rings. The first-order valence-corrected chi connectivity index (χ1v) is 6.16. The van der Waals surface area contributed by atoms with Gasteiger partial charge >= 0.3 is 0 Å². The molecule has 3 N–H and O–H groups in total. The maximum atomic E-state index is 11.9. The van der Waals surface area contributed by atoms with Gasteiger partial charge in [-0.15, -0.1) is 0 Å². The summed E-state index contributed by atoms with van der Waals surface area (Å²) in [5.74, 6) is 0.203. The topological polar surface area (TPSA) is 78.9 Å². The number of carbonyl (C=O) groups is 1. The van der Waals surface area contributed by atoms with Crippen molar-refractivity contribution in [2.45, 2.75) is 50.6 Å².